The molecule has 0 heterocycles. The molecule has 6 heteroatoms. The molecule has 0 bridgehead atoms. The summed E-state index contributed by atoms with van der Waals surface area (Å²) in [6, 6.07) is 22.5. The van der Waals surface area contributed by atoms with Crippen LogP contribution in [0.1, 0.15) is 17.2 Å². The quantitative estimate of drug-likeness (QED) is 0.660. The third-order valence-electron chi connectivity index (χ3n) is 3.74. The summed E-state index contributed by atoms with van der Waals surface area (Å²) in [6.45, 7) is 0. The van der Waals surface area contributed by atoms with Gasteiger partial charge in [0.05, 0.1) is 21.0 Å². The molecule has 0 aromatic heterocycles. The minimum absolute atomic E-state index is 0.0683. The summed E-state index contributed by atoms with van der Waals surface area (Å²) in [6.07, 6.45) is 0. The average Bonchev–Trinajstić information content (AvgIpc) is 2.63. The summed E-state index contributed by atoms with van der Waals surface area (Å²) < 4.78 is 28.4. The van der Waals surface area contributed by atoms with Crippen LogP contribution >= 0.6 is 23.2 Å². The van der Waals surface area contributed by atoms with Gasteiger partial charge in [-0.2, -0.15) is 4.72 Å². The molecule has 0 atom stereocenters. The van der Waals surface area contributed by atoms with Crippen LogP contribution < -0.4 is 4.72 Å². The number of sulfonamides is 1. The molecule has 3 rings (SSSR count). The molecule has 0 aliphatic heterocycles. The number of hydrogen-bond acceptors (Lipinski definition) is 2. The monoisotopic (exact) mass is 391 g/mol. The number of rotatable bonds is 5. The Morgan fingerprint density at radius 2 is 1.24 bits per heavy atom. The molecule has 0 amide bonds. The van der Waals surface area contributed by atoms with Gasteiger partial charge in [-0.1, -0.05) is 83.9 Å². The average molecular weight is 392 g/mol. The molecule has 3 nitrogen and oxygen atoms in total. The lowest BCUT2D eigenvalue weighted by molar-refractivity contribution is 0.572. The van der Waals surface area contributed by atoms with Crippen molar-refractivity contribution in [3.8, 4) is 0 Å². The van der Waals surface area contributed by atoms with Crippen LogP contribution in [0.4, 0.5) is 0 Å². The van der Waals surface area contributed by atoms with E-state index in [1.165, 1.54) is 18.2 Å². The van der Waals surface area contributed by atoms with E-state index in [0.29, 0.717) is 5.02 Å². The van der Waals surface area contributed by atoms with Crippen LogP contribution in [0, 0.1) is 0 Å². The first-order valence-electron chi connectivity index (χ1n) is 7.54. The van der Waals surface area contributed by atoms with Gasteiger partial charge in [-0.3, -0.25) is 0 Å². The van der Waals surface area contributed by atoms with Crippen LogP contribution in [0.15, 0.2) is 83.8 Å². The summed E-state index contributed by atoms with van der Waals surface area (Å²) in [7, 11) is -3.79. The SMILES string of the molecule is O=S(=O)(NC(c1ccccc1)c1ccccc1)c1ccc(Cl)c(Cl)c1. The Labute approximate surface area is 157 Å². The van der Waals surface area contributed by atoms with E-state index < -0.39 is 16.1 Å². The van der Waals surface area contributed by atoms with Crippen molar-refractivity contribution in [1.82, 2.24) is 4.72 Å². The summed E-state index contributed by atoms with van der Waals surface area (Å²) in [5, 5.41) is 0.504. The maximum atomic E-state index is 12.8. The van der Waals surface area contributed by atoms with Crippen LogP contribution in [0.3, 0.4) is 0 Å². The maximum Gasteiger partial charge on any atom is 0.241 e. The lowest BCUT2D eigenvalue weighted by atomic mass is 10.00. The highest BCUT2D eigenvalue weighted by Crippen LogP contribution is 2.28. The smallest absolute Gasteiger partial charge is 0.207 e. The van der Waals surface area contributed by atoms with E-state index in [2.05, 4.69) is 4.72 Å². The van der Waals surface area contributed by atoms with E-state index in [1.54, 1.807) is 0 Å². The maximum absolute atomic E-state index is 12.8. The standard InChI is InChI=1S/C19H15Cl2NO2S/c20-17-12-11-16(13-18(17)21)25(23,24)22-19(14-7-3-1-4-8-14)15-9-5-2-6-10-15/h1-13,19,22H. The number of hydrogen-bond donors (Lipinski definition) is 1. The Bertz CT molecular complexity index is 922. The van der Waals surface area contributed by atoms with Gasteiger partial charge in [0.2, 0.25) is 10.0 Å². The van der Waals surface area contributed by atoms with Gasteiger partial charge in [-0.25, -0.2) is 8.42 Å². The number of halogens is 2. The second kappa shape index (κ2) is 7.58. The molecule has 0 saturated heterocycles. The van der Waals surface area contributed by atoms with Crippen molar-refractivity contribution < 1.29 is 8.42 Å². The highest BCUT2D eigenvalue weighted by molar-refractivity contribution is 7.89. The van der Waals surface area contributed by atoms with Gasteiger partial charge in [0.25, 0.3) is 0 Å². The Kier molecular flexibility index (Phi) is 5.45. The summed E-state index contributed by atoms with van der Waals surface area (Å²) in [4.78, 5) is 0.0683. The molecule has 0 radical (unpaired) electrons. The van der Waals surface area contributed by atoms with Crippen LogP contribution in [0.5, 0.6) is 0 Å². The fourth-order valence-corrected chi connectivity index (χ4v) is 4.09. The minimum Gasteiger partial charge on any atom is -0.207 e. The van der Waals surface area contributed by atoms with E-state index in [4.69, 9.17) is 23.2 Å². The lowest BCUT2D eigenvalue weighted by Gasteiger charge is -2.20. The van der Waals surface area contributed by atoms with E-state index in [-0.39, 0.29) is 9.92 Å². The molecule has 0 saturated carbocycles. The minimum atomic E-state index is -3.79. The Balaban J connectivity index is 2.01. The summed E-state index contributed by atoms with van der Waals surface area (Å²) in [5.41, 5.74) is 1.69. The van der Waals surface area contributed by atoms with Crippen molar-refractivity contribution >= 4 is 33.2 Å². The van der Waals surface area contributed by atoms with Crippen molar-refractivity contribution in [2.45, 2.75) is 10.9 Å². The van der Waals surface area contributed by atoms with Crippen molar-refractivity contribution in [3.05, 3.63) is 100 Å². The molecule has 3 aromatic rings. The Morgan fingerprint density at radius 1 is 0.720 bits per heavy atom. The van der Waals surface area contributed by atoms with E-state index >= 15 is 0 Å². The zero-order valence-electron chi connectivity index (χ0n) is 13.1. The molecule has 1 N–H and O–H groups in total. The number of nitrogens with one attached hydrogen (secondary N) is 1. The molecule has 0 aliphatic carbocycles. The molecule has 128 valence electrons. The van der Waals surface area contributed by atoms with Gasteiger partial charge in [-0.05, 0) is 29.3 Å². The second-order valence-corrected chi connectivity index (χ2v) is 7.98. The van der Waals surface area contributed by atoms with Crippen LogP contribution in [-0.2, 0) is 10.0 Å². The second-order valence-electron chi connectivity index (χ2n) is 5.45. The van der Waals surface area contributed by atoms with Crippen LogP contribution in [0.25, 0.3) is 0 Å². The highest BCUT2D eigenvalue weighted by atomic mass is 35.5. The normalized spacial score (nSPS) is 11.6. The Morgan fingerprint density at radius 3 is 1.72 bits per heavy atom. The van der Waals surface area contributed by atoms with Gasteiger partial charge in [0, 0.05) is 0 Å². The summed E-state index contributed by atoms with van der Waals surface area (Å²) in [5.74, 6) is 0. The molecule has 0 fully saturated rings. The fourth-order valence-electron chi connectivity index (χ4n) is 2.49. The zero-order chi connectivity index (χ0) is 17.9. The Hall–Kier alpha value is -1.85. The number of benzene rings is 3. The van der Waals surface area contributed by atoms with Crippen LogP contribution in [0.2, 0.25) is 10.0 Å². The first kappa shape index (κ1) is 18.0. The molecular formula is C19H15Cl2NO2S. The highest BCUT2D eigenvalue weighted by Gasteiger charge is 2.23. The van der Waals surface area contributed by atoms with Gasteiger partial charge in [0.15, 0.2) is 0 Å². The molecular weight excluding hydrogens is 377 g/mol. The van der Waals surface area contributed by atoms with Crippen molar-refractivity contribution in [2.75, 3.05) is 0 Å². The predicted molar refractivity (Wildman–Crippen MR) is 102 cm³/mol. The summed E-state index contributed by atoms with van der Waals surface area (Å²) >= 11 is 11.8. The van der Waals surface area contributed by atoms with Crippen molar-refractivity contribution in [2.24, 2.45) is 0 Å². The van der Waals surface area contributed by atoms with E-state index in [9.17, 15) is 8.42 Å². The van der Waals surface area contributed by atoms with Gasteiger partial charge >= 0.3 is 0 Å². The van der Waals surface area contributed by atoms with Crippen molar-refractivity contribution in [1.29, 1.82) is 0 Å². The fraction of sp³-hybridized carbons (Fsp3) is 0.0526. The first-order chi connectivity index (χ1) is 12.0. The van der Waals surface area contributed by atoms with E-state index in [1.807, 2.05) is 60.7 Å². The third kappa shape index (κ3) is 4.22. The molecule has 0 unspecified atom stereocenters. The van der Waals surface area contributed by atoms with Gasteiger partial charge in [0.1, 0.15) is 0 Å². The zero-order valence-corrected chi connectivity index (χ0v) is 15.4. The molecule has 0 aliphatic rings. The molecule has 0 spiro atoms. The predicted octanol–water partition coefficient (Wildman–Crippen LogP) is 5.06. The first-order valence-corrected chi connectivity index (χ1v) is 9.78. The largest absolute Gasteiger partial charge is 0.241 e. The van der Waals surface area contributed by atoms with E-state index in [0.717, 1.165) is 11.1 Å². The van der Waals surface area contributed by atoms with Gasteiger partial charge in [-0.15, -0.1) is 0 Å². The topological polar surface area (TPSA) is 46.2 Å². The lowest BCUT2D eigenvalue weighted by Crippen LogP contribution is -2.29. The third-order valence-corrected chi connectivity index (χ3v) is 5.90. The molecule has 3 aromatic carbocycles. The van der Waals surface area contributed by atoms with Crippen molar-refractivity contribution in [3.63, 3.8) is 0 Å². The van der Waals surface area contributed by atoms with Gasteiger partial charge < -0.3 is 0 Å². The molecule has 25 heavy (non-hydrogen) atoms. The van der Waals surface area contributed by atoms with Crippen LogP contribution in [-0.4, -0.2) is 8.42 Å².